The fourth-order valence-electron chi connectivity index (χ4n) is 3.41. The summed E-state index contributed by atoms with van der Waals surface area (Å²) in [4.78, 5) is 16.2. The molecule has 6 heteroatoms. The van der Waals surface area contributed by atoms with E-state index in [0.717, 1.165) is 11.8 Å². The number of allylic oxidation sites excluding steroid dienone is 1. The number of hydrogen-bond acceptors (Lipinski definition) is 2. The number of amides is 1. The lowest BCUT2D eigenvalue weighted by Crippen LogP contribution is -2.48. The van der Waals surface area contributed by atoms with Crippen LogP contribution in [0.1, 0.15) is 16.7 Å². The molecule has 0 radical (unpaired) electrons. The molecule has 2 aromatic carbocycles. The molecule has 0 bridgehead atoms. The molecule has 0 saturated carbocycles. The highest BCUT2D eigenvalue weighted by Crippen LogP contribution is 2.34. The Morgan fingerprint density at radius 2 is 1.57 bits per heavy atom. The van der Waals surface area contributed by atoms with Crippen LogP contribution in [0.2, 0.25) is 0 Å². The second-order valence-corrected chi connectivity index (χ2v) is 6.95. The maximum Gasteiger partial charge on any atom is 0.417 e. The molecule has 1 heterocycles. The van der Waals surface area contributed by atoms with Crippen molar-refractivity contribution in [3.8, 4) is 0 Å². The van der Waals surface area contributed by atoms with Crippen molar-refractivity contribution in [1.29, 1.82) is 0 Å². The van der Waals surface area contributed by atoms with Crippen molar-refractivity contribution in [2.45, 2.75) is 20.0 Å². The van der Waals surface area contributed by atoms with Gasteiger partial charge >= 0.3 is 6.18 Å². The van der Waals surface area contributed by atoms with Gasteiger partial charge in [-0.15, -0.1) is 0 Å². The van der Waals surface area contributed by atoms with Gasteiger partial charge in [-0.2, -0.15) is 13.2 Å². The number of aryl methyl sites for hydroxylation is 1. The number of alkyl halides is 3. The summed E-state index contributed by atoms with van der Waals surface area (Å²) in [6.07, 6.45) is -3.86. The largest absolute Gasteiger partial charge is 0.417 e. The van der Waals surface area contributed by atoms with E-state index in [1.165, 1.54) is 40.3 Å². The van der Waals surface area contributed by atoms with Crippen LogP contribution in [0.5, 0.6) is 0 Å². The molecule has 1 aliphatic heterocycles. The first-order chi connectivity index (χ1) is 13.3. The SMILES string of the molecule is Cc1cccc(N2CCN(C(=O)/C=C(/c3ccccc3)C(F)(F)F)CC2)c1C. The van der Waals surface area contributed by atoms with E-state index in [-0.39, 0.29) is 5.56 Å². The van der Waals surface area contributed by atoms with Gasteiger partial charge in [0.15, 0.2) is 0 Å². The standard InChI is InChI=1S/C22H23F3N2O/c1-16-7-6-10-20(17(16)2)26-11-13-27(14-12-26)21(28)15-19(22(23,24)25)18-8-4-3-5-9-18/h3-10,15H,11-14H2,1-2H3/b19-15-. The van der Waals surface area contributed by atoms with Crippen LogP contribution < -0.4 is 4.90 Å². The van der Waals surface area contributed by atoms with Crippen LogP contribution in [-0.4, -0.2) is 43.2 Å². The van der Waals surface area contributed by atoms with E-state index in [0.29, 0.717) is 26.2 Å². The molecule has 3 nitrogen and oxygen atoms in total. The zero-order valence-corrected chi connectivity index (χ0v) is 16.0. The van der Waals surface area contributed by atoms with Crippen molar-refractivity contribution in [3.63, 3.8) is 0 Å². The Kier molecular flexibility index (Phi) is 5.77. The summed E-state index contributed by atoms with van der Waals surface area (Å²) >= 11 is 0. The Morgan fingerprint density at radius 3 is 2.18 bits per heavy atom. The van der Waals surface area contributed by atoms with Gasteiger partial charge < -0.3 is 9.80 Å². The summed E-state index contributed by atoms with van der Waals surface area (Å²) in [5, 5.41) is 0. The Morgan fingerprint density at radius 1 is 0.929 bits per heavy atom. The van der Waals surface area contributed by atoms with Crippen molar-refractivity contribution >= 4 is 17.2 Å². The Labute approximate surface area is 163 Å². The van der Waals surface area contributed by atoms with E-state index in [2.05, 4.69) is 11.8 Å². The fraction of sp³-hybridized carbons (Fsp3) is 0.318. The second kappa shape index (κ2) is 8.09. The van der Waals surface area contributed by atoms with Gasteiger partial charge in [0.05, 0.1) is 5.57 Å². The maximum atomic E-state index is 13.5. The van der Waals surface area contributed by atoms with E-state index in [1.54, 1.807) is 6.07 Å². The van der Waals surface area contributed by atoms with E-state index in [1.807, 2.05) is 25.1 Å². The van der Waals surface area contributed by atoms with Crippen LogP contribution in [0.3, 0.4) is 0 Å². The van der Waals surface area contributed by atoms with Gasteiger partial charge in [-0.1, -0.05) is 42.5 Å². The van der Waals surface area contributed by atoms with Crippen LogP contribution in [0.4, 0.5) is 18.9 Å². The van der Waals surface area contributed by atoms with Crippen molar-refractivity contribution in [1.82, 2.24) is 4.90 Å². The molecule has 0 unspecified atom stereocenters. The molecule has 0 aliphatic carbocycles. The van der Waals surface area contributed by atoms with E-state index >= 15 is 0 Å². The highest BCUT2D eigenvalue weighted by molar-refractivity contribution is 5.96. The van der Waals surface area contributed by atoms with Crippen molar-refractivity contribution < 1.29 is 18.0 Å². The van der Waals surface area contributed by atoms with Gasteiger partial charge in [-0.3, -0.25) is 4.79 Å². The number of benzene rings is 2. The summed E-state index contributed by atoms with van der Waals surface area (Å²) < 4.78 is 40.4. The molecule has 0 N–H and O–H groups in total. The van der Waals surface area contributed by atoms with Crippen LogP contribution in [0.25, 0.3) is 5.57 Å². The first-order valence-electron chi connectivity index (χ1n) is 9.22. The van der Waals surface area contributed by atoms with Gasteiger partial charge in [-0.05, 0) is 36.6 Å². The van der Waals surface area contributed by atoms with Crippen LogP contribution >= 0.6 is 0 Å². The first kappa shape index (κ1) is 20.0. The van der Waals surface area contributed by atoms with E-state index in [9.17, 15) is 18.0 Å². The van der Waals surface area contributed by atoms with Crippen molar-refractivity contribution in [2.75, 3.05) is 31.1 Å². The second-order valence-electron chi connectivity index (χ2n) is 6.95. The summed E-state index contributed by atoms with van der Waals surface area (Å²) in [6.45, 7) is 6.07. The van der Waals surface area contributed by atoms with Crippen LogP contribution in [0, 0.1) is 13.8 Å². The molecule has 2 aromatic rings. The predicted octanol–water partition coefficient (Wildman–Crippen LogP) is 4.60. The summed E-state index contributed by atoms with van der Waals surface area (Å²) in [5.41, 5.74) is 2.58. The minimum Gasteiger partial charge on any atom is -0.368 e. The minimum atomic E-state index is -4.59. The molecule has 1 fully saturated rings. The lowest BCUT2D eigenvalue weighted by molar-refractivity contribution is -0.126. The average molecular weight is 388 g/mol. The Bertz CT molecular complexity index is 867. The molecular weight excluding hydrogens is 365 g/mol. The monoisotopic (exact) mass is 388 g/mol. The van der Waals surface area contributed by atoms with Crippen molar-refractivity contribution in [2.24, 2.45) is 0 Å². The number of carbonyl (C=O) groups is 1. The topological polar surface area (TPSA) is 23.6 Å². The molecule has 1 amide bonds. The van der Waals surface area contributed by atoms with E-state index < -0.39 is 17.7 Å². The van der Waals surface area contributed by atoms with Gasteiger partial charge in [0.25, 0.3) is 0 Å². The third kappa shape index (κ3) is 4.38. The number of rotatable bonds is 3. The predicted molar refractivity (Wildman–Crippen MR) is 105 cm³/mol. The average Bonchev–Trinajstić information content (AvgIpc) is 2.68. The normalized spacial score (nSPS) is 15.7. The Hall–Kier alpha value is -2.76. The smallest absolute Gasteiger partial charge is 0.368 e. The zero-order valence-electron chi connectivity index (χ0n) is 16.0. The highest BCUT2D eigenvalue weighted by atomic mass is 19.4. The third-order valence-corrected chi connectivity index (χ3v) is 5.17. The first-order valence-corrected chi connectivity index (χ1v) is 9.22. The van der Waals surface area contributed by atoms with E-state index in [4.69, 9.17) is 0 Å². The summed E-state index contributed by atoms with van der Waals surface area (Å²) in [5.74, 6) is -0.600. The molecule has 148 valence electrons. The molecule has 1 aliphatic rings. The molecule has 28 heavy (non-hydrogen) atoms. The van der Waals surface area contributed by atoms with Gasteiger partial charge in [0.2, 0.25) is 5.91 Å². The number of piperazine rings is 1. The zero-order chi connectivity index (χ0) is 20.3. The van der Waals surface area contributed by atoms with Crippen LogP contribution in [-0.2, 0) is 4.79 Å². The third-order valence-electron chi connectivity index (χ3n) is 5.17. The quantitative estimate of drug-likeness (QED) is 0.718. The molecular formula is C22H23F3N2O. The van der Waals surface area contributed by atoms with Gasteiger partial charge in [0, 0.05) is 37.9 Å². The van der Waals surface area contributed by atoms with Gasteiger partial charge in [0.1, 0.15) is 0 Å². The minimum absolute atomic E-state index is 0.00243. The number of carbonyl (C=O) groups excluding carboxylic acids is 1. The Balaban J connectivity index is 1.74. The fourth-order valence-corrected chi connectivity index (χ4v) is 3.41. The number of anilines is 1. The molecule has 0 atom stereocenters. The lowest BCUT2D eigenvalue weighted by atomic mass is 10.0. The summed E-state index contributed by atoms with van der Waals surface area (Å²) in [7, 11) is 0. The maximum absolute atomic E-state index is 13.5. The molecule has 1 saturated heterocycles. The number of hydrogen-bond donors (Lipinski definition) is 0. The number of nitrogens with zero attached hydrogens (tertiary/aromatic N) is 2. The number of halogens is 3. The van der Waals surface area contributed by atoms with Gasteiger partial charge in [-0.25, -0.2) is 0 Å². The molecule has 0 aromatic heterocycles. The van der Waals surface area contributed by atoms with Crippen molar-refractivity contribution in [3.05, 3.63) is 71.3 Å². The molecule has 3 rings (SSSR count). The molecule has 0 spiro atoms. The summed E-state index contributed by atoms with van der Waals surface area (Å²) in [6, 6.07) is 13.5. The lowest BCUT2D eigenvalue weighted by Gasteiger charge is -2.36. The highest BCUT2D eigenvalue weighted by Gasteiger charge is 2.36. The van der Waals surface area contributed by atoms with Crippen LogP contribution in [0.15, 0.2) is 54.6 Å².